The Balaban J connectivity index is 2.19. The molecule has 2 unspecified atom stereocenters. The van der Waals surface area contributed by atoms with Crippen molar-refractivity contribution in [1.29, 1.82) is 0 Å². The summed E-state index contributed by atoms with van der Waals surface area (Å²) < 4.78 is 32.5. The SMILES string of the molecule is CC1CC(c2cccc(F)c2F)N=C(NC(=O)OC(C)(C)C)S1. The zero-order valence-corrected chi connectivity index (χ0v) is 14.3. The number of ether oxygens (including phenoxy) is 1. The summed E-state index contributed by atoms with van der Waals surface area (Å²) in [7, 11) is 0. The summed E-state index contributed by atoms with van der Waals surface area (Å²) in [6.07, 6.45) is -0.0545. The van der Waals surface area contributed by atoms with E-state index in [9.17, 15) is 13.6 Å². The molecule has 0 radical (unpaired) electrons. The molecular formula is C16H20F2N2O2S. The van der Waals surface area contributed by atoms with Crippen molar-refractivity contribution in [2.75, 3.05) is 0 Å². The molecule has 2 atom stereocenters. The topological polar surface area (TPSA) is 50.7 Å². The van der Waals surface area contributed by atoms with E-state index in [1.807, 2.05) is 6.92 Å². The van der Waals surface area contributed by atoms with Crippen molar-refractivity contribution >= 4 is 23.0 Å². The third-order valence-electron chi connectivity index (χ3n) is 3.09. The molecule has 1 aliphatic rings. The van der Waals surface area contributed by atoms with Crippen LogP contribution in [0.15, 0.2) is 23.2 Å². The highest BCUT2D eigenvalue weighted by Crippen LogP contribution is 2.35. The van der Waals surface area contributed by atoms with E-state index in [0.717, 1.165) is 6.07 Å². The van der Waals surface area contributed by atoms with Crippen molar-refractivity contribution < 1.29 is 18.3 Å². The Labute approximate surface area is 138 Å². The number of benzene rings is 1. The van der Waals surface area contributed by atoms with E-state index in [2.05, 4.69) is 10.3 Å². The Bertz CT molecular complexity index is 629. The Morgan fingerprint density at radius 2 is 2.09 bits per heavy atom. The third kappa shape index (κ3) is 4.92. The summed E-state index contributed by atoms with van der Waals surface area (Å²) in [6.45, 7) is 7.22. The minimum absolute atomic E-state index is 0.102. The first kappa shape index (κ1) is 17.7. The van der Waals surface area contributed by atoms with Gasteiger partial charge in [-0.2, -0.15) is 0 Å². The molecule has 2 rings (SSSR count). The molecule has 0 aromatic heterocycles. The number of nitrogens with one attached hydrogen (secondary N) is 1. The number of hydrogen-bond acceptors (Lipinski definition) is 4. The van der Waals surface area contributed by atoms with Crippen LogP contribution in [0.2, 0.25) is 0 Å². The second kappa shape index (κ2) is 6.86. The molecule has 4 nitrogen and oxygen atoms in total. The van der Waals surface area contributed by atoms with E-state index in [1.54, 1.807) is 20.8 Å². The lowest BCUT2D eigenvalue weighted by Gasteiger charge is -2.26. The largest absolute Gasteiger partial charge is 0.444 e. The number of thioether (sulfide) groups is 1. The maximum absolute atomic E-state index is 14.0. The highest BCUT2D eigenvalue weighted by Gasteiger charge is 2.27. The van der Waals surface area contributed by atoms with Crippen molar-refractivity contribution in [1.82, 2.24) is 5.32 Å². The lowest BCUT2D eigenvalue weighted by atomic mass is 10.0. The van der Waals surface area contributed by atoms with Crippen LogP contribution in [-0.4, -0.2) is 22.1 Å². The number of carbonyl (C=O) groups is 1. The van der Waals surface area contributed by atoms with Crippen molar-refractivity contribution in [3.05, 3.63) is 35.4 Å². The summed E-state index contributed by atoms with van der Waals surface area (Å²) in [5, 5.41) is 3.03. The van der Waals surface area contributed by atoms with Crippen LogP contribution in [0.3, 0.4) is 0 Å². The predicted molar refractivity (Wildman–Crippen MR) is 87.6 cm³/mol. The average molecular weight is 342 g/mol. The quantitative estimate of drug-likeness (QED) is 0.822. The molecule has 23 heavy (non-hydrogen) atoms. The first-order valence-electron chi connectivity index (χ1n) is 7.34. The number of amides is 1. The average Bonchev–Trinajstić information content (AvgIpc) is 2.38. The van der Waals surface area contributed by atoms with Gasteiger partial charge < -0.3 is 4.74 Å². The number of nitrogens with zero attached hydrogens (tertiary/aromatic N) is 1. The lowest BCUT2D eigenvalue weighted by Crippen LogP contribution is -2.37. The van der Waals surface area contributed by atoms with Crippen LogP contribution < -0.4 is 5.32 Å². The summed E-state index contributed by atoms with van der Waals surface area (Å²) in [4.78, 5) is 16.2. The molecule has 1 aromatic rings. The fourth-order valence-electron chi connectivity index (χ4n) is 2.20. The van der Waals surface area contributed by atoms with Gasteiger partial charge in [-0.15, -0.1) is 0 Å². The van der Waals surface area contributed by atoms with Crippen LogP contribution in [-0.2, 0) is 4.74 Å². The predicted octanol–water partition coefficient (Wildman–Crippen LogP) is 4.41. The third-order valence-corrected chi connectivity index (χ3v) is 4.11. The fraction of sp³-hybridized carbons (Fsp3) is 0.500. The molecule has 0 saturated carbocycles. The molecule has 7 heteroatoms. The van der Waals surface area contributed by atoms with Gasteiger partial charge in [-0.1, -0.05) is 30.8 Å². The number of aliphatic imine (C=N–C) groups is 1. The Morgan fingerprint density at radius 3 is 2.74 bits per heavy atom. The van der Waals surface area contributed by atoms with Gasteiger partial charge >= 0.3 is 6.09 Å². The molecule has 1 heterocycles. The fourth-order valence-corrected chi connectivity index (χ4v) is 3.19. The molecule has 1 aliphatic heterocycles. The van der Waals surface area contributed by atoms with Crippen LogP contribution >= 0.6 is 11.8 Å². The highest BCUT2D eigenvalue weighted by molar-refractivity contribution is 8.14. The molecule has 0 saturated heterocycles. The molecule has 1 aromatic carbocycles. The minimum Gasteiger partial charge on any atom is -0.444 e. The second-order valence-corrected chi connectivity index (χ2v) is 7.81. The molecular weight excluding hydrogens is 322 g/mol. The van der Waals surface area contributed by atoms with Crippen molar-refractivity contribution in [2.24, 2.45) is 4.99 Å². The van der Waals surface area contributed by atoms with Gasteiger partial charge in [-0.25, -0.2) is 13.6 Å². The van der Waals surface area contributed by atoms with E-state index in [4.69, 9.17) is 4.74 Å². The van der Waals surface area contributed by atoms with Crippen LogP contribution in [0.4, 0.5) is 13.6 Å². The van der Waals surface area contributed by atoms with Gasteiger partial charge in [0.2, 0.25) is 0 Å². The van der Waals surface area contributed by atoms with Gasteiger partial charge in [-0.05, 0) is 33.3 Å². The molecule has 0 fully saturated rings. The van der Waals surface area contributed by atoms with Crippen molar-refractivity contribution in [3.63, 3.8) is 0 Å². The summed E-state index contributed by atoms with van der Waals surface area (Å²) in [6, 6.07) is 3.51. The maximum Gasteiger partial charge on any atom is 0.413 e. The molecule has 1 N–H and O–H groups in total. The monoisotopic (exact) mass is 342 g/mol. The van der Waals surface area contributed by atoms with Crippen LogP contribution in [0.25, 0.3) is 0 Å². The molecule has 126 valence electrons. The number of carbonyl (C=O) groups excluding carboxylic acids is 1. The number of halogens is 2. The van der Waals surface area contributed by atoms with E-state index >= 15 is 0 Å². The molecule has 0 bridgehead atoms. The molecule has 0 aliphatic carbocycles. The van der Waals surface area contributed by atoms with Gasteiger partial charge in [0, 0.05) is 10.8 Å². The Morgan fingerprint density at radius 1 is 1.39 bits per heavy atom. The highest BCUT2D eigenvalue weighted by atomic mass is 32.2. The van der Waals surface area contributed by atoms with Crippen molar-refractivity contribution in [2.45, 2.75) is 51.0 Å². The summed E-state index contributed by atoms with van der Waals surface area (Å²) in [5.74, 6) is -1.79. The number of alkyl carbamates (subject to hydrolysis) is 1. The van der Waals surface area contributed by atoms with Gasteiger partial charge in [-0.3, -0.25) is 10.3 Å². The van der Waals surface area contributed by atoms with Gasteiger partial charge in [0.1, 0.15) is 5.60 Å². The minimum atomic E-state index is -0.898. The Hall–Kier alpha value is -1.63. The molecule has 1 amide bonds. The normalized spacial score (nSPS) is 21.6. The first-order chi connectivity index (χ1) is 10.7. The van der Waals surface area contributed by atoms with Crippen LogP contribution in [0.1, 0.15) is 45.7 Å². The van der Waals surface area contributed by atoms with E-state index in [0.29, 0.717) is 11.6 Å². The standard InChI is InChI=1S/C16H20F2N2O2S/c1-9-8-12(10-6-5-7-11(17)13(10)18)19-14(23-9)20-15(21)22-16(2,3)4/h5-7,9,12H,8H2,1-4H3,(H,19,20,21). The number of hydrogen-bond donors (Lipinski definition) is 1. The van der Waals surface area contributed by atoms with Gasteiger partial charge in [0.15, 0.2) is 16.8 Å². The van der Waals surface area contributed by atoms with Crippen molar-refractivity contribution in [3.8, 4) is 0 Å². The summed E-state index contributed by atoms with van der Waals surface area (Å²) in [5.41, 5.74) is -0.426. The lowest BCUT2D eigenvalue weighted by molar-refractivity contribution is 0.0564. The van der Waals surface area contributed by atoms with E-state index < -0.39 is 29.4 Å². The Kier molecular flexibility index (Phi) is 5.29. The second-order valence-electron chi connectivity index (χ2n) is 6.38. The van der Waals surface area contributed by atoms with Gasteiger partial charge in [0.05, 0.1) is 6.04 Å². The maximum atomic E-state index is 14.0. The van der Waals surface area contributed by atoms with E-state index in [-0.39, 0.29) is 10.8 Å². The zero-order chi connectivity index (χ0) is 17.2. The molecule has 0 spiro atoms. The van der Waals surface area contributed by atoms with Gasteiger partial charge in [0.25, 0.3) is 0 Å². The first-order valence-corrected chi connectivity index (χ1v) is 8.22. The smallest absolute Gasteiger partial charge is 0.413 e. The van der Waals surface area contributed by atoms with E-state index in [1.165, 1.54) is 23.9 Å². The van der Waals surface area contributed by atoms with Crippen LogP contribution in [0, 0.1) is 11.6 Å². The summed E-state index contributed by atoms with van der Waals surface area (Å²) >= 11 is 1.37. The number of amidine groups is 1. The zero-order valence-electron chi connectivity index (χ0n) is 13.5. The number of rotatable bonds is 1. The van der Waals surface area contributed by atoms with Crippen LogP contribution in [0.5, 0.6) is 0 Å².